The number of nitrogens with zero attached hydrogens (tertiary/aromatic N) is 1. The van der Waals surface area contributed by atoms with E-state index >= 15 is 0 Å². The van der Waals surface area contributed by atoms with E-state index in [0.717, 1.165) is 13.0 Å². The Bertz CT molecular complexity index is 423. The minimum Gasteiger partial charge on any atom is -0.433 e. The number of rotatable bonds is 3. The van der Waals surface area contributed by atoms with Crippen LogP contribution in [0.3, 0.4) is 0 Å². The number of anilines is 1. The number of ether oxygens (including phenoxy) is 1. The summed E-state index contributed by atoms with van der Waals surface area (Å²) in [6.07, 6.45) is 4.95. The van der Waals surface area contributed by atoms with E-state index in [-0.39, 0.29) is 5.75 Å². The van der Waals surface area contributed by atoms with Crippen molar-refractivity contribution in [3.05, 3.63) is 35.4 Å². The summed E-state index contributed by atoms with van der Waals surface area (Å²) in [4.78, 5) is 1.96. The molecule has 1 heterocycles. The lowest BCUT2D eigenvalue weighted by Crippen LogP contribution is -2.27. The average molecular weight is 260 g/mol. The first-order valence-corrected chi connectivity index (χ1v) is 5.69. The normalized spacial score (nSPS) is 15.4. The zero-order valence-corrected chi connectivity index (χ0v) is 9.83. The van der Waals surface area contributed by atoms with Crippen LogP contribution in [-0.4, -0.2) is 19.7 Å². The van der Waals surface area contributed by atoms with E-state index in [1.54, 1.807) is 12.1 Å². The van der Waals surface area contributed by atoms with Crippen molar-refractivity contribution in [2.24, 2.45) is 0 Å². The molecular formula is C12H12ClF2NO. The summed E-state index contributed by atoms with van der Waals surface area (Å²) in [5, 5.41) is 0.510. The quantitative estimate of drug-likeness (QED) is 0.768. The molecule has 92 valence electrons. The summed E-state index contributed by atoms with van der Waals surface area (Å²) in [6, 6.07) is 4.67. The van der Waals surface area contributed by atoms with Crippen LogP contribution in [0.2, 0.25) is 5.02 Å². The van der Waals surface area contributed by atoms with Crippen LogP contribution in [0.4, 0.5) is 14.5 Å². The fourth-order valence-corrected chi connectivity index (χ4v) is 1.96. The molecule has 0 aromatic heterocycles. The van der Waals surface area contributed by atoms with E-state index in [4.69, 9.17) is 11.6 Å². The SMILES string of the molecule is FC(F)Oc1ccc(Cl)cc1N1CC=CCC1. The molecule has 0 saturated heterocycles. The van der Waals surface area contributed by atoms with Crippen LogP contribution in [0.15, 0.2) is 30.4 Å². The molecule has 0 N–H and O–H groups in total. The van der Waals surface area contributed by atoms with Gasteiger partial charge in [0.1, 0.15) is 5.75 Å². The number of halogens is 3. The van der Waals surface area contributed by atoms with E-state index in [1.807, 2.05) is 11.0 Å². The van der Waals surface area contributed by atoms with E-state index in [1.165, 1.54) is 6.07 Å². The van der Waals surface area contributed by atoms with Crippen LogP contribution in [0.25, 0.3) is 0 Å². The molecule has 1 aromatic carbocycles. The van der Waals surface area contributed by atoms with Crippen molar-refractivity contribution in [3.63, 3.8) is 0 Å². The van der Waals surface area contributed by atoms with Gasteiger partial charge in [0.2, 0.25) is 0 Å². The molecule has 0 aliphatic carbocycles. The summed E-state index contributed by atoms with van der Waals surface area (Å²) >= 11 is 5.88. The molecular weight excluding hydrogens is 248 g/mol. The summed E-state index contributed by atoms with van der Waals surface area (Å²) in [7, 11) is 0. The molecule has 0 saturated carbocycles. The molecule has 0 radical (unpaired) electrons. The van der Waals surface area contributed by atoms with Crippen molar-refractivity contribution in [2.45, 2.75) is 13.0 Å². The Hall–Kier alpha value is -1.29. The Morgan fingerprint density at radius 3 is 2.76 bits per heavy atom. The Morgan fingerprint density at radius 1 is 1.29 bits per heavy atom. The van der Waals surface area contributed by atoms with Crippen molar-refractivity contribution in [3.8, 4) is 5.75 Å². The first kappa shape index (κ1) is 12.2. The van der Waals surface area contributed by atoms with Gasteiger partial charge in [0.25, 0.3) is 0 Å². The molecule has 0 spiro atoms. The maximum absolute atomic E-state index is 12.3. The Morgan fingerprint density at radius 2 is 2.12 bits per heavy atom. The molecule has 0 fully saturated rings. The summed E-state index contributed by atoms with van der Waals surface area (Å²) in [5.41, 5.74) is 0.613. The minimum atomic E-state index is -2.82. The number of benzene rings is 1. The van der Waals surface area contributed by atoms with E-state index in [2.05, 4.69) is 10.8 Å². The molecule has 0 bridgehead atoms. The van der Waals surface area contributed by atoms with Gasteiger partial charge in [0.05, 0.1) is 5.69 Å². The highest BCUT2D eigenvalue weighted by Crippen LogP contribution is 2.33. The highest BCUT2D eigenvalue weighted by Gasteiger charge is 2.16. The van der Waals surface area contributed by atoms with E-state index in [9.17, 15) is 8.78 Å². The molecule has 0 amide bonds. The number of alkyl halides is 2. The number of hydrogen-bond donors (Lipinski definition) is 0. The second-order valence-electron chi connectivity index (χ2n) is 3.70. The topological polar surface area (TPSA) is 12.5 Å². The number of hydrogen-bond acceptors (Lipinski definition) is 2. The fraction of sp³-hybridized carbons (Fsp3) is 0.333. The molecule has 5 heteroatoms. The molecule has 0 unspecified atom stereocenters. The van der Waals surface area contributed by atoms with Gasteiger partial charge < -0.3 is 9.64 Å². The van der Waals surface area contributed by atoms with Gasteiger partial charge in [0, 0.05) is 18.1 Å². The predicted molar refractivity (Wildman–Crippen MR) is 64.1 cm³/mol. The first-order chi connectivity index (χ1) is 8.16. The highest BCUT2D eigenvalue weighted by molar-refractivity contribution is 6.30. The van der Waals surface area contributed by atoms with Crippen LogP contribution in [0.1, 0.15) is 6.42 Å². The van der Waals surface area contributed by atoms with E-state index in [0.29, 0.717) is 17.3 Å². The highest BCUT2D eigenvalue weighted by atomic mass is 35.5. The molecule has 17 heavy (non-hydrogen) atoms. The third-order valence-corrected chi connectivity index (χ3v) is 2.77. The fourth-order valence-electron chi connectivity index (χ4n) is 1.79. The second kappa shape index (κ2) is 5.36. The van der Waals surface area contributed by atoms with Gasteiger partial charge in [-0.1, -0.05) is 23.8 Å². The predicted octanol–water partition coefficient (Wildman–Crippen LogP) is 3.71. The van der Waals surface area contributed by atoms with Crippen molar-refractivity contribution in [1.29, 1.82) is 0 Å². The smallest absolute Gasteiger partial charge is 0.387 e. The first-order valence-electron chi connectivity index (χ1n) is 5.31. The van der Waals surface area contributed by atoms with Crippen molar-refractivity contribution in [2.75, 3.05) is 18.0 Å². The average Bonchev–Trinajstić information content (AvgIpc) is 2.32. The van der Waals surface area contributed by atoms with Gasteiger partial charge in [-0.2, -0.15) is 8.78 Å². The molecule has 1 aromatic rings. The lowest BCUT2D eigenvalue weighted by Gasteiger charge is -2.27. The van der Waals surface area contributed by atoms with Crippen LogP contribution in [-0.2, 0) is 0 Å². The minimum absolute atomic E-state index is 0.166. The second-order valence-corrected chi connectivity index (χ2v) is 4.13. The lowest BCUT2D eigenvalue weighted by molar-refractivity contribution is -0.0495. The maximum Gasteiger partial charge on any atom is 0.387 e. The van der Waals surface area contributed by atoms with Gasteiger partial charge in [-0.15, -0.1) is 0 Å². The zero-order valence-electron chi connectivity index (χ0n) is 9.07. The van der Waals surface area contributed by atoms with Gasteiger partial charge in [-0.3, -0.25) is 0 Å². The molecule has 0 atom stereocenters. The third kappa shape index (κ3) is 3.09. The summed E-state index contributed by atoms with van der Waals surface area (Å²) < 4.78 is 29.1. The van der Waals surface area contributed by atoms with Crippen molar-refractivity contribution < 1.29 is 13.5 Å². The molecule has 1 aliphatic heterocycles. The van der Waals surface area contributed by atoms with E-state index < -0.39 is 6.61 Å². The largest absolute Gasteiger partial charge is 0.433 e. The molecule has 1 aliphatic rings. The standard InChI is InChI=1S/C12H12ClF2NO/c13-9-4-5-11(17-12(14)15)10(8-9)16-6-2-1-3-7-16/h1-2,4-5,8,12H,3,6-7H2. The molecule has 2 nitrogen and oxygen atoms in total. The maximum atomic E-state index is 12.3. The Labute approximate surface area is 103 Å². The van der Waals surface area contributed by atoms with Crippen molar-refractivity contribution in [1.82, 2.24) is 0 Å². The molecule has 2 rings (SSSR count). The Kier molecular flexibility index (Phi) is 3.84. The van der Waals surface area contributed by atoms with Crippen LogP contribution < -0.4 is 9.64 Å². The summed E-state index contributed by atoms with van der Waals surface area (Å²) in [5.74, 6) is 0.166. The lowest BCUT2D eigenvalue weighted by atomic mass is 10.2. The zero-order chi connectivity index (χ0) is 12.3. The van der Waals surface area contributed by atoms with Gasteiger partial charge in [-0.25, -0.2) is 0 Å². The van der Waals surface area contributed by atoms with Gasteiger partial charge in [0.15, 0.2) is 0 Å². The third-order valence-electron chi connectivity index (χ3n) is 2.54. The van der Waals surface area contributed by atoms with Crippen LogP contribution in [0.5, 0.6) is 5.75 Å². The van der Waals surface area contributed by atoms with Crippen LogP contribution >= 0.6 is 11.6 Å². The monoisotopic (exact) mass is 259 g/mol. The Balaban J connectivity index is 2.28. The van der Waals surface area contributed by atoms with Crippen LogP contribution in [0, 0.1) is 0 Å². The van der Waals surface area contributed by atoms with Gasteiger partial charge >= 0.3 is 6.61 Å². The van der Waals surface area contributed by atoms with Crippen molar-refractivity contribution >= 4 is 17.3 Å². The summed E-state index contributed by atoms with van der Waals surface area (Å²) in [6.45, 7) is -1.37. The van der Waals surface area contributed by atoms with Gasteiger partial charge in [-0.05, 0) is 24.6 Å².